The van der Waals surface area contributed by atoms with E-state index in [4.69, 9.17) is 23.2 Å². The molecule has 1 rings (SSSR count). The molecule has 1 N–H and O–H groups in total. The van der Waals surface area contributed by atoms with Crippen molar-refractivity contribution in [2.24, 2.45) is 0 Å². The number of rotatable bonds is 3. The van der Waals surface area contributed by atoms with Gasteiger partial charge < -0.3 is 5.32 Å². The van der Waals surface area contributed by atoms with Crippen LogP contribution in [0.4, 0.5) is 0 Å². The lowest BCUT2D eigenvalue weighted by Gasteiger charge is -2.03. The monoisotopic (exact) mass is 229 g/mol. The van der Waals surface area contributed by atoms with Crippen LogP contribution in [0.15, 0.2) is 24.3 Å². The quantitative estimate of drug-likeness (QED) is 0.836. The minimum absolute atomic E-state index is 0.335. The van der Waals surface area contributed by atoms with Crippen LogP contribution >= 0.6 is 23.2 Å². The molecule has 0 amide bonds. The zero-order valence-corrected chi connectivity index (χ0v) is 9.73. The van der Waals surface area contributed by atoms with Crippen molar-refractivity contribution < 1.29 is 0 Å². The second-order valence-electron chi connectivity index (χ2n) is 3.10. The van der Waals surface area contributed by atoms with Crippen molar-refractivity contribution in [3.63, 3.8) is 0 Å². The van der Waals surface area contributed by atoms with E-state index in [9.17, 15) is 0 Å². The van der Waals surface area contributed by atoms with E-state index in [2.05, 4.69) is 18.3 Å². The minimum atomic E-state index is 0.335. The highest BCUT2D eigenvalue weighted by Crippen LogP contribution is 2.21. The fourth-order valence-electron chi connectivity index (χ4n) is 0.981. The van der Waals surface area contributed by atoms with E-state index in [1.807, 2.05) is 25.3 Å². The minimum Gasteiger partial charge on any atom is -0.314 e. The summed E-state index contributed by atoms with van der Waals surface area (Å²) < 4.78 is 0. The smallest absolute Gasteiger partial charge is 0.0493 e. The van der Waals surface area contributed by atoms with Gasteiger partial charge in [-0.05, 0) is 31.7 Å². The van der Waals surface area contributed by atoms with Crippen molar-refractivity contribution in [2.45, 2.75) is 13.0 Å². The van der Waals surface area contributed by atoms with Crippen LogP contribution in [-0.4, -0.2) is 13.1 Å². The molecule has 0 saturated carbocycles. The van der Waals surface area contributed by atoms with Crippen LogP contribution in [0, 0.1) is 0 Å². The summed E-state index contributed by atoms with van der Waals surface area (Å²) in [6, 6.07) is 5.81. The predicted octanol–water partition coefficient (Wildman–Crippen LogP) is 3.61. The summed E-state index contributed by atoms with van der Waals surface area (Å²) >= 11 is 11.8. The molecule has 1 unspecified atom stereocenters. The van der Waals surface area contributed by atoms with Crippen molar-refractivity contribution in [3.05, 3.63) is 39.9 Å². The Labute approximate surface area is 94.7 Å². The lowest BCUT2D eigenvalue weighted by Crippen LogP contribution is -2.17. The number of benzene rings is 1. The third-order valence-corrected chi connectivity index (χ3v) is 2.54. The first kappa shape index (κ1) is 11.6. The van der Waals surface area contributed by atoms with Gasteiger partial charge in [-0.15, -0.1) is 0 Å². The van der Waals surface area contributed by atoms with Gasteiger partial charge in [0.25, 0.3) is 0 Å². The van der Waals surface area contributed by atoms with Gasteiger partial charge in [-0.2, -0.15) is 0 Å². The number of hydrogen-bond donors (Lipinski definition) is 1. The molecule has 1 nitrogen and oxygen atoms in total. The summed E-state index contributed by atoms with van der Waals surface area (Å²) in [7, 11) is 1.92. The van der Waals surface area contributed by atoms with Crippen LogP contribution < -0.4 is 5.32 Å². The molecule has 1 atom stereocenters. The molecule has 1 aromatic rings. The van der Waals surface area contributed by atoms with E-state index in [0.29, 0.717) is 16.1 Å². The first-order valence-corrected chi connectivity index (χ1v) is 5.19. The Balaban J connectivity index is 2.82. The summed E-state index contributed by atoms with van der Waals surface area (Å²) in [5, 5.41) is 4.45. The van der Waals surface area contributed by atoms with Gasteiger partial charge in [-0.3, -0.25) is 0 Å². The van der Waals surface area contributed by atoms with Crippen molar-refractivity contribution in [1.29, 1.82) is 0 Å². The highest BCUT2D eigenvalue weighted by molar-refractivity contribution is 6.35. The molecule has 0 spiro atoms. The molecule has 0 aliphatic rings. The van der Waals surface area contributed by atoms with E-state index in [0.717, 1.165) is 5.56 Å². The van der Waals surface area contributed by atoms with Crippen LogP contribution in [0.3, 0.4) is 0 Å². The summed E-state index contributed by atoms with van der Waals surface area (Å²) in [5.74, 6) is 0. The first-order valence-electron chi connectivity index (χ1n) is 4.44. The third kappa shape index (κ3) is 3.33. The van der Waals surface area contributed by atoms with E-state index in [-0.39, 0.29) is 0 Å². The maximum Gasteiger partial charge on any atom is 0.0493 e. The van der Waals surface area contributed by atoms with E-state index in [1.54, 1.807) is 6.07 Å². The highest BCUT2D eigenvalue weighted by Gasteiger charge is 1.97. The lowest BCUT2D eigenvalue weighted by atomic mass is 10.2. The average molecular weight is 230 g/mol. The molecule has 3 heteroatoms. The van der Waals surface area contributed by atoms with Gasteiger partial charge in [-0.25, -0.2) is 0 Å². The van der Waals surface area contributed by atoms with Gasteiger partial charge in [-0.1, -0.05) is 41.4 Å². The second kappa shape index (κ2) is 5.40. The molecular formula is C11H13Cl2N. The summed E-state index contributed by atoms with van der Waals surface area (Å²) in [6.45, 7) is 2.07. The van der Waals surface area contributed by atoms with Gasteiger partial charge in [0.2, 0.25) is 0 Å². The van der Waals surface area contributed by atoms with Crippen LogP contribution in [0.2, 0.25) is 10.0 Å². The Bertz CT molecular complexity index is 334. The summed E-state index contributed by atoms with van der Waals surface area (Å²) in [5.41, 5.74) is 0.984. The van der Waals surface area contributed by atoms with E-state index < -0.39 is 0 Å². The number of hydrogen-bond acceptors (Lipinski definition) is 1. The molecule has 76 valence electrons. The van der Waals surface area contributed by atoms with Crippen molar-refractivity contribution in [1.82, 2.24) is 5.32 Å². The predicted molar refractivity (Wildman–Crippen MR) is 64.0 cm³/mol. The zero-order chi connectivity index (χ0) is 10.6. The molecule has 0 radical (unpaired) electrons. The summed E-state index contributed by atoms with van der Waals surface area (Å²) in [6.07, 6.45) is 4.04. The first-order chi connectivity index (χ1) is 6.63. The average Bonchev–Trinajstić information content (AvgIpc) is 2.16. The fourth-order valence-corrected chi connectivity index (χ4v) is 1.45. The Kier molecular flexibility index (Phi) is 4.46. The normalized spacial score (nSPS) is 13.4. The molecule has 0 aromatic heterocycles. The van der Waals surface area contributed by atoms with Crippen LogP contribution in [0.1, 0.15) is 12.5 Å². The number of halogens is 2. The largest absolute Gasteiger partial charge is 0.314 e. The molecule has 0 fully saturated rings. The number of nitrogens with one attached hydrogen (secondary N) is 1. The molecular weight excluding hydrogens is 217 g/mol. The molecule has 0 bridgehead atoms. The molecule has 0 aliphatic carbocycles. The van der Waals surface area contributed by atoms with E-state index >= 15 is 0 Å². The van der Waals surface area contributed by atoms with Gasteiger partial charge in [0.1, 0.15) is 0 Å². The van der Waals surface area contributed by atoms with Crippen molar-refractivity contribution >= 4 is 29.3 Å². The van der Waals surface area contributed by atoms with Crippen LogP contribution in [-0.2, 0) is 0 Å². The Hall–Kier alpha value is -0.500. The van der Waals surface area contributed by atoms with Crippen molar-refractivity contribution in [2.75, 3.05) is 7.05 Å². The lowest BCUT2D eigenvalue weighted by molar-refractivity contribution is 0.731. The second-order valence-corrected chi connectivity index (χ2v) is 3.95. The Morgan fingerprint density at radius 2 is 2.07 bits per heavy atom. The molecule has 0 saturated heterocycles. The Morgan fingerprint density at radius 3 is 2.64 bits per heavy atom. The maximum absolute atomic E-state index is 6.00. The van der Waals surface area contributed by atoms with Gasteiger partial charge in [0.15, 0.2) is 0 Å². The highest BCUT2D eigenvalue weighted by atomic mass is 35.5. The van der Waals surface area contributed by atoms with Gasteiger partial charge in [0, 0.05) is 16.1 Å². The maximum atomic E-state index is 6.00. The fraction of sp³-hybridized carbons (Fsp3) is 0.273. The summed E-state index contributed by atoms with van der Waals surface area (Å²) in [4.78, 5) is 0. The third-order valence-electron chi connectivity index (χ3n) is 1.98. The standard InChI is InChI=1S/C11H13Cl2N/c1-8(14-2)3-4-9-5-6-10(12)7-11(9)13/h3-8,14H,1-2H3. The molecule has 14 heavy (non-hydrogen) atoms. The molecule has 1 aromatic carbocycles. The van der Waals surface area contributed by atoms with Crippen LogP contribution in [0.25, 0.3) is 6.08 Å². The van der Waals surface area contributed by atoms with Gasteiger partial charge in [0.05, 0.1) is 0 Å². The number of likely N-dealkylation sites (N-methyl/N-ethyl adjacent to an activating group) is 1. The zero-order valence-electron chi connectivity index (χ0n) is 8.22. The molecule has 0 aliphatic heterocycles. The molecule has 0 heterocycles. The topological polar surface area (TPSA) is 12.0 Å². The van der Waals surface area contributed by atoms with Crippen molar-refractivity contribution in [3.8, 4) is 0 Å². The van der Waals surface area contributed by atoms with E-state index in [1.165, 1.54) is 0 Å². The SMILES string of the molecule is CNC(C)C=Cc1ccc(Cl)cc1Cl. The van der Waals surface area contributed by atoms with Gasteiger partial charge >= 0.3 is 0 Å². The van der Waals surface area contributed by atoms with Crippen LogP contribution in [0.5, 0.6) is 0 Å². The Morgan fingerprint density at radius 1 is 1.36 bits per heavy atom.